The van der Waals surface area contributed by atoms with Crippen molar-refractivity contribution in [1.82, 2.24) is 20.0 Å². The molecular formula is C19H22N4O2. The fraction of sp³-hybridized carbons (Fsp3) is 0.316. The Bertz CT molecular complexity index is 804. The Hall–Kier alpha value is -2.73. The van der Waals surface area contributed by atoms with Crippen LogP contribution >= 0.6 is 0 Å². The van der Waals surface area contributed by atoms with Crippen LogP contribution in [0.15, 0.2) is 53.3 Å². The largest absolute Gasteiger partial charge is 0.496 e. The van der Waals surface area contributed by atoms with Crippen LogP contribution in [0.2, 0.25) is 0 Å². The fourth-order valence-corrected chi connectivity index (χ4v) is 2.61. The van der Waals surface area contributed by atoms with Crippen LogP contribution in [0.5, 0.6) is 5.75 Å². The van der Waals surface area contributed by atoms with E-state index >= 15 is 0 Å². The minimum Gasteiger partial charge on any atom is -0.496 e. The van der Waals surface area contributed by atoms with Gasteiger partial charge in [0.1, 0.15) is 5.75 Å². The van der Waals surface area contributed by atoms with Crippen LogP contribution in [-0.4, -0.2) is 40.7 Å². The second kappa shape index (κ2) is 7.90. The summed E-state index contributed by atoms with van der Waals surface area (Å²) in [5.74, 6) is 2.08. The third-order valence-corrected chi connectivity index (χ3v) is 4.31. The summed E-state index contributed by atoms with van der Waals surface area (Å²) in [6.07, 6.45) is 4.33. The van der Waals surface area contributed by atoms with E-state index in [1.54, 1.807) is 19.5 Å². The van der Waals surface area contributed by atoms with Crippen molar-refractivity contribution in [2.75, 3.05) is 20.7 Å². The highest BCUT2D eigenvalue weighted by Crippen LogP contribution is 2.23. The van der Waals surface area contributed by atoms with Gasteiger partial charge in [-0.3, -0.25) is 9.88 Å². The average molecular weight is 338 g/mol. The van der Waals surface area contributed by atoms with E-state index in [0.29, 0.717) is 11.7 Å². The zero-order chi connectivity index (χ0) is 17.6. The van der Waals surface area contributed by atoms with Crippen LogP contribution in [0, 0.1) is 0 Å². The number of para-hydroxylation sites is 1. The molecule has 0 amide bonds. The summed E-state index contributed by atoms with van der Waals surface area (Å²) in [7, 11) is 3.75. The highest BCUT2D eigenvalue weighted by molar-refractivity contribution is 5.51. The summed E-state index contributed by atoms with van der Waals surface area (Å²) in [6.45, 7) is 2.91. The molecule has 0 saturated carbocycles. The van der Waals surface area contributed by atoms with Gasteiger partial charge in [-0.05, 0) is 44.2 Å². The van der Waals surface area contributed by atoms with Gasteiger partial charge >= 0.3 is 0 Å². The number of nitrogens with zero attached hydrogens (tertiary/aromatic N) is 4. The molecule has 0 aliphatic rings. The Kier molecular flexibility index (Phi) is 5.40. The SMILES string of the molecule is COc1ccccc1CCN(C)[C@@H](C)c1nc(-c2cccnc2)no1. The molecule has 0 radical (unpaired) electrons. The van der Waals surface area contributed by atoms with Gasteiger partial charge in [0.2, 0.25) is 11.7 Å². The molecule has 130 valence electrons. The van der Waals surface area contributed by atoms with E-state index in [4.69, 9.17) is 9.26 Å². The molecule has 25 heavy (non-hydrogen) atoms. The van der Waals surface area contributed by atoms with E-state index in [1.807, 2.05) is 37.4 Å². The van der Waals surface area contributed by atoms with Crippen molar-refractivity contribution in [3.05, 3.63) is 60.2 Å². The summed E-state index contributed by atoms with van der Waals surface area (Å²) in [5.41, 5.74) is 2.03. The molecule has 0 unspecified atom stereocenters. The maximum absolute atomic E-state index is 5.44. The van der Waals surface area contributed by atoms with Gasteiger partial charge in [-0.2, -0.15) is 4.98 Å². The van der Waals surface area contributed by atoms with Gasteiger partial charge in [-0.25, -0.2) is 0 Å². The zero-order valence-corrected chi connectivity index (χ0v) is 14.7. The lowest BCUT2D eigenvalue weighted by atomic mass is 10.1. The quantitative estimate of drug-likeness (QED) is 0.658. The summed E-state index contributed by atoms with van der Waals surface area (Å²) in [6, 6.07) is 11.9. The van der Waals surface area contributed by atoms with Crippen molar-refractivity contribution in [1.29, 1.82) is 0 Å². The highest BCUT2D eigenvalue weighted by Gasteiger charge is 2.19. The first kappa shape index (κ1) is 17.1. The van der Waals surface area contributed by atoms with Crippen molar-refractivity contribution >= 4 is 0 Å². The predicted molar refractivity (Wildman–Crippen MR) is 95.3 cm³/mol. The predicted octanol–water partition coefficient (Wildman–Crippen LogP) is 3.38. The van der Waals surface area contributed by atoms with Gasteiger partial charge in [0.05, 0.1) is 13.2 Å². The molecule has 2 heterocycles. The molecule has 6 nitrogen and oxygen atoms in total. The van der Waals surface area contributed by atoms with E-state index < -0.39 is 0 Å². The molecule has 0 saturated heterocycles. The van der Waals surface area contributed by atoms with E-state index in [9.17, 15) is 0 Å². The molecule has 0 N–H and O–H groups in total. The second-order valence-corrected chi connectivity index (χ2v) is 5.92. The number of likely N-dealkylation sites (N-methyl/N-ethyl adjacent to an activating group) is 1. The summed E-state index contributed by atoms with van der Waals surface area (Å²) >= 11 is 0. The third kappa shape index (κ3) is 4.03. The van der Waals surface area contributed by atoms with Crippen molar-refractivity contribution in [2.45, 2.75) is 19.4 Å². The number of hydrogen-bond acceptors (Lipinski definition) is 6. The normalized spacial score (nSPS) is 12.3. The first-order valence-corrected chi connectivity index (χ1v) is 8.25. The number of hydrogen-bond donors (Lipinski definition) is 0. The Balaban J connectivity index is 1.64. The van der Waals surface area contributed by atoms with Crippen LogP contribution in [0.4, 0.5) is 0 Å². The average Bonchev–Trinajstić information content (AvgIpc) is 3.16. The molecule has 0 aliphatic heterocycles. The van der Waals surface area contributed by atoms with Crippen molar-refractivity contribution < 1.29 is 9.26 Å². The lowest BCUT2D eigenvalue weighted by Crippen LogP contribution is -2.25. The number of ether oxygens (including phenoxy) is 1. The highest BCUT2D eigenvalue weighted by atomic mass is 16.5. The van der Waals surface area contributed by atoms with E-state index in [1.165, 1.54) is 5.56 Å². The van der Waals surface area contributed by atoms with Crippen LogP contribution in [0.3, 0.4) is 0 Å². The molecule has 1 aromatic carbocycles. The van der Waals surface area contributed by atoms with Crippen molar-refractivity contribution in [3.63, 3.8) is 0 Å². The van der Waals surface area contributed by atoms with E-state index in [0.717, 1.165) is 24.3 Å². The van der Waals surface area contributed by atoms with Gasteiger partial charge in [0.15, 0.2) is 0 Å². The minimum atomic E-state index is 0.0210. The molecule has 3 aromatic rings. The summed E-state index contributed by atoms with van der Waals surface area (Å²) < 4.78 is 10.9. The molecule has 0 fully saturated rings. The number of rotatable bonds is 7. The second-order valence-electron chi connectivity index (χ2n) is 5.92. The van der Waals surface area contributed by atoms with Gasteiger partial charge in [-0.15, -0.1) is 0 Å². The zero-order valence-electron chi connectivity index (χ0n) is 14.7. The van der Waals surface area contributed by atoms with Gasteiger partial charge in [0.25, 0.3) is 0 Å². The molecular weight excluding hydrogens is 316 g/mol. The molecule has 1 atom stereocenters. The van der Waals surface area contributed by atoms with E-state index in [-0.39, 0.29) is 6.04 Å². The lowest BCUT2D eigenvalue weighted by Gasteiger charge is -2.21. The van der Waals surface area contributed by atoms with Gasteiger partial charge in [-0.1, -0.05) is 23.4 Å². The standard InChI is InChI=1S/C19H22N4O2/c1-14(19-21-18(22-25-19)16-8-6-11-20-13-16)23(2)12-10-15-7-4-5-9-17(15)24-3/h4-9,11,13-14H,10,12H2,1-3H3/t14-/m0/s1. The minimum absolute atomic E-state index is 0.0210. The molecule has 0 bridgehead atoms. The first-order chi connectivity index (χ1) is 12.2. The summed E-state index contributed by atoms with van der Waals surface area (Å²) in [5, 5.41) is 4.06. The number of pyridine rings is 1. The Morgan fingerprint density at radius 2 is 2.04 bits per heavy atom. The van der Waals surface area contributed by atoms with Crippen molar-refractivity contribution in [2.24, 2.45) is 0 Å². The number of benzene rings is 1. The Labute approximate surface area is 147 Å². The number of methoxy groups -OCH3 is 1. The molecule has 2 aromatic heterocycles. The van der Waals surface area contributed by atoms with Crippen molar-refractivity contribution in [3.8, 4) is 17.1 Å². The summed E-state index contributed by atoms with van der Waals surface area (Å²) in [4.78, 5) is 10.8. The lowest BCUT2D eigenvalue weighted by molar-refractivity contribution is 0.211. The van der Waals surface area contributed by atoms with Crippen LogP contribution in [-0.2, 0) is 6.42 Å². The molecule has 6 heteroatoms. The third-order valence-electron chi connectivity index (χ3n) is 4.31. The first-order valence-electron chi connectivity index (χ1n) is 8.25. The Morgan fingerprint density at radius 3 is 2.80 bits per heavy atom. The van der Waals surface area contributed by atoms with Crippen LogP contribution in [0.1, 0.15) is 24.4 Å². The topological polar surface area (TPSA) is 64.3 Å². The van der Waals surface area contributed by atoms with Gasteiger partial charge in [0, 0.05) is 24.5 Å². The molecule has 0 spiro atoms. The van der Waals surface area contributed by atoms with E-state index in [2.05, 4.69) is 33.0 Å². The monoisotopic (exact) mass is 338 g/mol. The van der Waals surface area contributed by atoms with Crippen LogP contribution in [0.25, 0.3) is 11.4 Å². The smallest absolute Gasteiger partial charge is 0.244 e. The fourth-order valence-electron chi connectivity index (χ4n) is 2.61. The van der Waals surface area contributed by atoms with Crippen LogP contribution < -0.4 is 4.74 Å². The molecule has 0 aliphatic carbocycles. The maximum atomic E-state index is 5.44. The maximum Gasteiger partial charge on any atom is 0.244 e. The number of aromatic nitrogens is 3. The Morgan fingerprint density at radius 1 is 1.20 bits per heavy atom. The molecule has 3 rings (SSSR count). The van der Waals surface area contributed by atoms with Gasteiger partial charge < -0.3 is 9.26 Å².